The van der Waals surface area contributed by atoms with Crippen LogP contribution in [-0.4, -0.2) is 37.9 Å². The number of rotatable bonds is 4. The zero-order chi connectivity index (χ0) is 17.3. The van der Waals surface area contributed by atoms with Crippen LogP contribution < -0.4 is 0 Å². The van der Waals surface area contributed by atoms with Gasteiger partial charge in [-0.25, -0.2) is 13.2 Å². The van der Waals surface area contributed by atoms with Crippen molar-refractivity contribution in [3.05, 3.63) is 29.8 Å². The van der Waals surface area contributed by atoms with Crippen molar-refractivity contribution >= 4 is 15.8 Å². The molecule has 0 radical (unpaired) electrons. The number of carbonyl (C=O) groups excluding carboxylic acids is 1. The molecule has 23 heavy (non-hydrogen) atoms. The van der Waals surface area contributed by atoms with Crippen LogP contribution in [0.15, 0.2) is 29.2 Å². The lowest BCUT2D eigenvalue weighted by Gasteiger charge is -2.29. The first-order valence-electron chi connectivity index (χ1n) is 7.68. The Balaban J connectivity index is 2.08. The molecule has 1 aromatic carbocycles. The molecule has 2 unspecified atom stereocenters. The van der Waals surface area contributed by atoms with Gasteiger partial charge in [-0.15, -0.1) is 0 Å². The fourth-order valence-corrected chi connectivity index (χ4v) is 4.57. The quantitative estimate of drug-likeness (QED) is 0.788. The molecule has 0 amide bonds. The molecular formula is C17H22O5S. The van der Waals surface area contributed by atoms with E-state index in [-0.39, 0.29) is 17.0 Å². The summed E-state index contributed by atoms with van der Waals surface area (Å²) < 4.78 is 34.9. The highest BCUT2D eigenvalue weighted by molar-refractivity contribution is 7.90. The predicted molar refractivity (Wildman–Crippen MR) is 85.0 cm³/mol. The van der Waals surface area contributed by atoms with E-state index in [1.54, 1.807) is 24.3 Å². The van der Waals surface area contributed by atoms with Gasteiger partial charge in [-0.1, -0.05) is 12.1 Å². The first-order chi connectivity index (χ1) is 10.5. The van der Waals surface area contributed by atoms with Crippen LogP contribution in [0, 0.1) is 0 Å². The predicted octanol–water partition coefficient (Wildman–Crippen LogP) is 2.23. The highest BCUT2D eigenvalue weighted by Gasteiger charge is 2.86. The number of fused-ring (bicyclic) bond motifs is 1. The minimum absolute atomic E-state index is 0.103. The van der Waals surface area contributed by atoms with E-state index in [1.807, 2.05) is 27.7 Å². The van der Waals surface area contributed by atoms with Gasteiger partial charge in [0.15, 0.2) is 15.4 Å². The first-order valence-corrected chi connectivity index (χ1v) is 9.57. The average molecular weight is 338 g/mol. The van der Waals surface area contributed by atoms with Gasteiger partial charge in [-0.2, -0.15) is 0 Å². The molecule has 3 rings (SSSR count). The normalized spacial score (nSPS) is 31.8. The van der Waals surface area contributed by atoms with Crippen molar-refractivity contribution in [1.82, 2.24) is 0 Å². The second kappa shape index (κ2) is 4.57. The molecule has 1 aromatic rings. The number of sulfone groups is 1. The second-order valence-corrected chi connectivity index (χ2v) is 9.29. The summed E-state index contributed by atoms with van der Waals surface area (Å²) in [6.07, 6.45) is 1.63. The summed E-state index contributed by atoms with van der Waals surface area (Å²) in [5, 5.41) is 0. The maximum Gasteiger partial charge on any atom is 0.340 e. The lowest BCUT2D eigenvalue weighted by atomic mass is 9.80. The molecule has 2 atom stereocenters. The molecule has 0 N–H and O–H groups in total. The van der Waals surface area contributed by atoms with Gasteiger partial charge in [-0.3, -0.25) is 0 Å². The van der Waals surface area contributed by atoms with E-state index in [9.17, 15) is 13.2 Å². The van der Waals surface area contributed by atoms with E-state index in [2.05, 4.69) is 0 Å². The molecule has 1 aliphatic heterocycles. The molecule has 0 spiro atoms. The molecule has 2 aliphatic rings. The monoisotopic (exact) mass is 338 g/mol. The van der Waals surface area contributed by atoms with E-state index in [0.29, 0.717) is 6.42 Å². The molecule has 1 aliphatic carbocycles. The SMILES string of the molecule is CC(C)OC12CC1(c1ccc(S(C)(=O)=O)cc1)C(C)(C)OC2=O. The van der Waals surface area contributed by atoms with Crippen molar-refractivity contribution in [3.8, 4) is 0 Å². The van der Waals surface area contributed by atoms with Crippen molar-refractivity contribution in [3.63, 3.8) is 0 Å². The minimum Gasteiger partial charge on any atom is -0.456 e. The third-order valence-electron chi connectivity index (χ3n) is 5.00. The molecule has 1 heterocycles. The van der Waals surface area contributed by atoms with Crippen LogP contribution in [0.4, 0.5) is 0 Å². The Morgan fingerprint density at radius 2 is 1.74 bits per heavy atom. The molecule has 0 bridgehead atoms. The van der Waals surface area contributed by atoms with Crippen LogP contribution in [0.5, 0.6) is 0 Å². The van der Waals surface area contributed by atoms with E-state index < -0.39 is 26.5 Å². The van der Waals surface area contributed by atoms with Crippen LogP contribution in [0.2, 0.25) is 0 Å². The third kappa shape index (κ3) is 2.08. The van der Waals surface area contributed by atoms with Crippen LogP contribution in [-0.2, 0) is 29.5 Å². The maximum absolute atomic E-state index is 12.5. The lowest BCUT2D eigenvalue weighted by molar-refractivity contribution is -0.162. The number of esters is 1. The van der Waals surface area contributed by atoms with Gasteiger partial charge in [0.25, 0.3) is 0 Å². The molecule has 1 saturated heterocycles. The summed E-state index contributed by atoms with van der Waals surface area (Å²) in [5.74, 6) is -0.330. The van der Waals surface area contributed by atoms with E-state index in [0.717, 1.165) is 5.56 Å². The maximum atomic E-state index is 12.5. The topological polar surface area (TPSA) is 69.7 Å². The van der Waals surface area contributed by atoms with E-state index in [1.165, 1.54) is 6.26 Å². The number of cyclic esters (lactones) is 1. The van der Waals surface area contributed by atoms with Crippen LogP contribution in [0.3, 0.4) is 0 Å². The highest BCUT2D eigenvalue weighted by Crippen LogP contribution is 2.71. The van der Waals surface area contributed by atoms with Crippen LogP contribution in [0.25, 0.3) is 0 Å². The highest BCUT2D eigenvalue weighted by atomic mass is 32.2. The Labute approximate surface area is 136 Å². The fourth-order valence-electron chi connectivity index (χ4n) is 3.94. The zero-order valence-electron chi connectivity index (χ0n) is 14.0. The lowest BCUT2D eigenvalue weighted by Crippen LogP contribution is -2.38. The van der Waals surface area contributed by atoms with Crippen molar-refractivity contribution in [2.24, 2.45) is 0 Å². The molecule has 2 fully saturated rings. The Morgan fingerprint density at radius 1 is 1.17 bits per heavy atom. The summed E-state index contributed by atoms with van der Waals surface area (Å²) in [4.78, 5) is 12.7. The second-order valence-electron chi connectivity index (χ2n) is 7.27. The van der Waals surface area contributed by atoms with Gasteiger partial charge in [-0.05, 0) is 45.4 Å². The third-order valence-corrected chi connectivity index (χ3v) is 6.12. The zero-order valence-corrected chi connectivity index (χ0v) is 14.9. The van der Waals surface area contributed by atoms with E-state index in [4.69, 9.17) is 9.47 Å². The Hall–Kier alpha value is -1.40. The van der Waals surface area contributed by atoms with Gasteiger partial charge in [0.2, 0.25) is 0 Å². The van der Waals surface area contributed by atoms with Gasteiger partial charge >= 0.3 is 5.97 Å². The number of hydrogen-bond acceptors (Lipinski definition) is 5. The van der Waals surface area contributed by atoms with Gasteiger partial charge in [0.05, 0.1) is 16.4 Å². The summed E-state index contributed by atoms with van der Waals surface area (Å²) in [7, 11) is -3.25. The number of ether oxygens (including phenoxy) is 2. The van der Waals surface area contributed by atoms with Crippen molar-refractivity contribution < 1.29 is 22.7 Å². The first kappa shape index (κ1) is 16.5. The molecule has 126 valence electrons. The van der Waals surface area contributed by atoms with Gasteiger partial charge in [0.1, 0.15) is 5.60 Å². The average Bonchev–Trinajstić information content (AvgIpc) is 3.04. The summed E-state index contributed by atoms with van der Waals surface area (Å²) >= 11 is 0. The molecule has 1 saturated carbocycles. The number of hydrogen-bond donors (Lipinski definition) is 0. The van der Waals surface area contributed by atoms with Gasteiger partial charge in [0, 0.05) is 12.7 Å². The van der Waals surface area contributed by atoms with E-state index >= 15 is 0 Å². The van der Waals surface area contributed by atoms with Crippen molar-refractivity contribution in [1.29, 1.82) is 0 Å². The summed E-state index contributed by atoms with van der Waals surface area (Å²) in [6, 6.07) is 6.70. The Morgan fingerprint density at radius 3 is 2.22 bits per heavy atom. The summed E-state index contributed by atoms with van der Waals surface area (Å²) in [6.45, 7) is 7.55. The molecule has 6 heteroatoms. The largest absolute Gasteiger partial charge is 0.456 e. The smallest absolute Gasteiger partial charge is 0.340 e. The number of benzene rings is 1. The fraction of sp³-hybridized carbons (Fsp3) is 0.588. The Kier molecular flexibility index (Phi) is 3.27. The Bertz CT molecular complexity index is 763. The summed E-state index contributed by atoms with van der Waals surface area (Å²) in [5.41, 5.74) is -1.36. The van der Waals surface area contributed by atoms with Crippen molar-refractivity contribution in [2.45, 2.75) is 61.7 Å². The van der Waals surface area contributed by atoms with Crippen LogP contribution >= 0.6 is 0 Å². The molecule has 5 nitrogen and oxygen atoms in total. The number of carbonyl (C=O) groups is 1. The van der Waals surface area contributed by atoms with Crippen molar-refractivity contribution in [2.75, 3.05) is 6.26 Å². The standard InChI is InChI=1S/C17H22O5S/c1-11(2)21-17-10-16(17,15(3,4)22-14(17)18)12-6-8-13(9-7-12)23(5,19)20/h6-9,11H,10H2,1-5H3. The minimum atomic E-state index is -3.25. The van der Waals surface area contributed by atoms with Crippen LogP contribution in [0.1, 0.15) is 39.7 Å². The van der Waals surface area contributed by atoms with Gasteiger partial charge < -0.3 is 9.47 Å². The molecular weight excluding hydrogens is 316 g/mol. The molecule has 0 aromatic heterocycles.